The molecule has 4 aliphatic rings. The van der Waals surface area contributed by atoms with E-state index in [0.717, 1.165) is 21.4 Å². The molecule has 2 atom stereocenters. The molecule has 0 unspecified atom stereocenters. The van der Waals surface area contributed by atoms with Crippen LogP contribution in [0.25, 0.3) is 22.3 Å². The van der Waals surface area contributed by atoms with Crippen molar-refractivity contribution in [3.63, 3.8) is 0 Å². The van der Waals surface area contributed by atoms with Crippen molar-refractivity contribution in [1.29, 1.82) is 0 Å². The fraction of sp³-hybridized carbons (Fsp3) is 0.429. The zero-order valence-electron chi connectivity index (χ0n) is 21.4. The SMILES string of the molecule is CC[C@@]1(O)C(=O)OCc2c1cc1n(c2=O)Cc2c-1nc1cc(F)c(C)c3c1c2[C@@H](NC(=O)C1(CO)CC1)CS3. The third-order valence-corrected chi connectivity index (χ3v) is 10.1. The summed E-state index contributed by atoms with van der Waals surface area (Å²) in [6.07, 6.45) is 1.26. The molecule has 3 aromatic rings. The number of rotatable bonds is 4. The first-order valence-corrected chi connectivity index (χ1v) is 14.0. The summed E-state index contributed by atoms with van der Waals surface area (Å²) in [5.74, 6) is -0.965. The lowest BCUT2D eigenvalue weighted by molar-refractivity contribution is -0.172. The molecule has 3 N–H and O–H groups in total. The topological polar surface area (TPSA) is 131 Å². The van der Waals surface area contributed by atoms with E-state index in [-0.39, 0.29) is 48.8 Å². The number of amides is 1. The Bertz CT molecular complexity index is 1710. The predicted molar refractivity (Wildman–Crippen MR) is 140 cm³/mol. The van der Waals surface area contributed by atoms with Gasteiger partial charge in [-0.1, -0.05) is 6.92 Å². The number of fused-ring (bicyclic) bond motifs is 5. The van der Waals surface area contributed by atoms with Gasteiger partial charge < -0.3 is 24.8 Å². The summed E-state index contributed by atoms with van der Waals surface area (Å²) in [6.45, 7) is 3.07. The lowest BCUT2D eigenvalue weighted by atomic mass is 9.86. The summed E-state index contributed by atoms with van der Waals surface area (Å²) in [7, 11) is 0. The van der Waals surface area contributed by atoms with Gasteiger partial charge in [0.2, 0.25) is 5.91 Å². The lowest BCUT2D eigenvalue weighted by Gasteiger charge is -2.31. The molecule has 39 heavy (non-hydrogen) atoms. The van der Waals surface area contributed by atoms with Crippen LogP contribution in [0.5, 0.6) is 0 Å². The first kappa shape index (κ1) is 24.7. The Balaban J connectivity index is 1.47. The van der Waals surface area contributed by atoms with Crippen LogP contribution in [0.1, 0.15) is 60.0 Å². The predicted octanol–water partition coefficient (Wildman–Crippen LogP) is 2.56. The van der Waals surface area contributed by atoms with Gasteiger partial charge in [0.15, 0.2) is 5.60 Å². The fourth-order valence-corrected chi connectivity index (χ4v) is 7.41. The van der Waals surface area contributed by atoms with Crippen molar-refractivity contribution in [3.05, 3.63) is 56.1 Å². The molecule has 2 aromatic heterocycles. The first-order valence-electron chi connectivity index (χ1n) is 13.0. The summed E-state index contributed by atoms with van der Waals surface area (Å²) >= 11 is 1.45. The Hall–Kier alpha value is -3.28. The first-order chi connectivity index (χ1) is 18.6. The monoisotopic (exact) mass is 551 g/mol. The second-order valence-electron chi connectivity index (χ2n) is 10.9. The Morgan fingerprint density at radius 1 is 1.31 bits per heavy atom. The van der Waals surface area contributed by atoms with Gasteiger partial charge in [0.1, 0.15) is 12.4 Å². The fourth-order valence-electron chi connectivity index (χ4n) is 6.16. The number of thioether (sulfide) groups is 1. The van der Waals surface area contributed by atoms with Crippen molar-refractivity contribution < 1.29 is 28.9 Å². The highest BCUT2D eigenvalue weighted by Crippen LogP contribution is 2.50. The summed E-state index contributed by atoms with van der Waals surface area (Å²) in [5, 5.41) is 24.9. The van der Waals surface area contributed by atoms with Gasteiger partial charge in [-0.2, -0.15) is 0 Å². The van der Waals surface area contributed by atoms with E-state index in [1.165, 1.54) is 17.8 Å². The molecule has 1 saturated carbocycles. The van der Waals surface area contributed by atoms with E-state index in [2.05, 4.69) is 5.32 Å². The van der Waals surface area contributed by atoms with E-state index < -0.39 is 28.8 Å². The molecule has 0 saturated heterocycles. The second kappa shape index (κ2) is 8.12. The van der Waals surface area contributed by atoms with Crippen molar-refractivity contribution in [2.24, 2.45) is 5.41 Å². The number of ether oxygens (including phenoxy) is 1. The maximum atomic E-state index is 15.0. The molecule has 3 aliphatic heterocycles. The molecule has 1 fully saturated rings. The number of benzene rings is 1. The van der Waals surface area contributed by atoms with Crippen molar-refractivity contribution in [2.45, 2.75) is 62.8 Å². The van der Waals surface area contributed by atoms with Gasteiger partial charge in [-0.3, -0.25) is 9.59 Å². The van der Waals surface area contributed by atoms with Gasteiger partial charge >= 0.3 is 5.97 Å². The van der Waals surface area contributed by atoms with Crippen molar-refractivity contribution in [1.82, 2.24) is 14.9 Å². The molecule has 7 rings (SSSR count). The number of aliphatic hydroxyl groups excluding tert-OH is 1. The molecular weight excluding hydrogens is 525 g/mol. The van der Waals surface area contributed by atoms with Crippen LogP contribution in [0, 0.1) is 18.2 Å². The molecule has 202 valence electrons. The number of hydrogen-bond acceptors (Lipinski definition) is 8. The standard InChI is InChI=1S/C28H26FN3O6S/c1-3-28(37)15-6-19-22-13(8-32(19)24(34)14(15)9-38-26(28)36)20-18(31-25(35)27(11-33)4-5-27)10-39-23-12(2)16(29)7-17(30-22)21(20)23/h6-7,18,33,37H,3-5,8-11H2,1-2H3,(H,31,35)/t18-,28-/m0/s1. The summed E-state index contributed by atoms with van der Waals surface area (Å²) in [4.78, 5) is 44.9. The summed E-state index contributed by atoms with van der Waals surface area (Å²) < 4.78 is 21.7. The molecule has 0 radical (unpaired) electrons. The normalized spacial score (nSPS) is 23.6. The zero-order valence-corrected chi connectivity index (χ0v) is 22.2. The minimum Gasteiger partial charge on any atom is -0.458 e. The van der Waals surface area contributed by atoms with Crippen molar-refractivity contribution in [2.75, 3.05) is 12.4 Å². The van der Waals surface area contributed by atoms with Crippen molar-refractivity contribution in [3.8, 4) is 11.4 Å². The molecule has 1 aliphatic carbocycles. The molecule has 0 bridgehead atoms. The minimum atomic E-state index is -1.96. The maximum Gasteiger partial charge on any atom is 0.343 e. The summed E-state index contributed by atoms with van der Waals surface area (Å²) in [5.41, 5.74) is 0.618. The molecule has 11 heteroatoms. The van der Waals surface area contributed by atoms with Gasteiger partial charge in [-0.05, 0) is 43.4 Å². The van der Waals surface area contributed by atoms with Gasteiger partial charge in [0, 0.05) is 33.2 Å². The highest BCUT2D eigenvalue weighted by molar-refractivity contribution is 7.99. The quantitative estimate of drug-likeness (QED) is 0.330. The zero-order chi connectivity index (χ0) is 27.4. The number of pyridine rings is 2. The molecule has 9 nitrogen and oxygen atoms in total. The summed E-state index contributed by atoms with van der Waals surface area (Å²) in [6, 6.07) is 2.55. The van der Waals surface area contributed by atoms with Gasteiger partial charge in [-0.15, -0.1) is 11.8 Å². The largest absolute Gasteiger partial charge is 0.458 e. The Morgan fingerprint density at radius 2 is 2.08 bits per heavy atom. The van der Waals surface area contributed by atoms with Crippen LogP contribution in [-0.4, -0.2) is 44.0 Å². The van der Waals surface area contributed by atoms with Crippen LogP contribution in [0.15, 0.2) is 21.8 Å². The van der Waals surface area contributed by atoms with Crippen LogP contribution in [0.2, 0.25) is 0 Å². The van der Waals surface area contributed by atoms with E-state index in [9.17, 15) is 24.6 Å². The van der Waals surface area contributed by atoms with Crippen LogP contribution in [0.3, 0.4) is 0 Å². The van der Waals surface area contributed by atoms with E-state index in [1.807, 2.05) is 0 Å². The number of hydrogen-bond donors (Lipinski definition) is 3. The number of carbonyl (C=O) groups excluding carboxylic acids is 2. The number of nitrogens with zero attached hydrogens (tertiary/aromatic N) is 2. The number of aliphatic hydroxyl groups is 2. The van der Waals surface area contributed by atoms with E-state index >= 15 is 4.39 Å². The average molecular weight is 552 g/mol. The molecule has 5 heterocycles. The van der Waals surface area contributed by atoms with Gasteiger partial charge in [-0.25, -0.2) is 14.2 Å². The van der Waals surface area contributed by atoms with Gasteiger partial charge in [0.05, 0.1) is 47.1 Å². The van der Waals surface area contributed by atoms with Crippen LogP contribution >= 0.6 is 11.8 Å². The van der Waals surface area contributed by atoms with Crippen LogP contribution in [-0.2, 0) is 33.1 Å². The number of esters is 1. The average Bonchev–Trinajstić information content (AvgIpc) is 3.65. The lowest BCUT2D eigenvalue weighted by Crippen LogP contribution is -2.44. The number of halogens is 1. The Labute approximate surface area is 226 Å². The van der Waals surface area contributed by atoms with Gasteiger partial charge in [0.25, 0.3) is 5.56 Å². The number of carbonyl (C=O) groups is 2. The molecule has 1 amide bonds. The third-order valence-electron chi connectivity index (χ3n) is 8.85. The molecule has 0 spiro atoms. The van der Waals surface area contributed by atoms with E-state index in [0.29, 0.717) is 41.1 Å². The second-order valence-corrected chi connectivity index (χ2v) is 12.0. The minimum absolute atomic E-state index is 0.0246. The number of aromatic nitrogens is 2. The van der Waals surface area contributed by atoms with Crippen LogP contribution < -0.4 is 10.9 Å². The number of nitrogens with one attached hydrogen (secondary N) is 1. The molecular formula is C28H26FN3O6S. The maximum absolute atomic E-state index is 15.0. The van der Waals surface area contributed by atoms with E-state index in [4.69, 9.17) is 9.72 Å². The Morgan fingerprint density at radius 3 is 2.77 bits per heavy atom. The Kier molecular flexibility index (Phi) is 5.15. The van der Waals surface area contributed by atoms with Crippen molar-refractivity contribution >= 4 is 34.5 Å². The highest BCUT2D eigenvalue weighted by atomic mass is 32.2. The number of cyclic esters (lactones) is 1. The molecule has 1 aromatic carbocycles. The third kappa shape index (κ3) is 3.20. The van der Waals surface area contributed by atoms with E-state index in [1.54, 1.807) is 24.5 Å². The van der Waals surface area contributed by atoms with Crippen LogP contribution in [0.4, 0.5) is 4.39 Å². The highest BCUT2D eigenvalue weighted by Gasteiger charge is 2.50. The smallest absolute Gasteiger partial charge is 0.343 e.